The zero-order valence-corrected chi connectivity index (χ0v) is 11.0. The van der Waals surface area contributed by atoms with Crippen LogP contribution >= 0.6 is 0 Å². The Bertz CT molecular complexity index is 904. The highest BCUT2D eigenvalue weighted by Crippen LogP contribution is 2.13. The molecule has 0 aromatic carbocycles. The zero-order valence-electron chi connectivity index (χ0n) is 11.0. The first kappa shape index (κ1) is 11.1. The number of pyridine rings is 2. The van der Waals surface area contributed by atoms with Crippen molar-refractivity contribution >= 4 is 22.2 Å². The van der Waals surface area contributed by atoms with Crippen molar-refractivity contribution in [2.45, 2.75) is 13.5 Å². The van der Waals surface area contributed by atoms with E-state index in [-0.39, 0.29) is 0 Å². The predicted octanol–water partition coefficient (Wildman–Crippen LogP) is 1.48. The Morgan fingerprint density at radius 1 is 1.15 bits per heavy atom. The minimum atomic E-state index is 0.686. The van der Waals surface area contributed by atoms with E-state index in [0.717, 1.165) is 33.7 Å². The number of aryl methyl sites for hydroxylation is 1. The van der Waals surface area contributed by atoms with Gasteiger partial charge in [-0.3, -0.25) is 10.1 Å². The monoisotopic (exact) mass is 265 g/mol. The van der Waals surface area contributed by atoms with Gasteiger partial charge in [0, 0.05) is 19.3 Å². The first-order valence-electron chi connectivity index (χ1n) is 6.44. The van der Waals surface area contributed by atoms with Crippen LogP contribution in [0.25, 0.3) is 22.2 Å². The quantitative estimate of drug-likeness (QED) is 0.539. The van der Waals surface area contributed by atoms with E-state index < -0.39 is 0 Å². The molecule has 20 heavy (non-hydrogen) atoms. The molecule has 98 valence electrons. The van der Waals surface area contributed by atoms with Gasteiger partial charge < -0.3 is 0 Å². The second-order valence-corrected chi connectivity index (χ2v) is 4.74. The van der Waals surface area contributed by atoms with Crippen LogP contribution in [0.15, 0.2) is 36.7 Å². The lowest BCUT2D eigenvalue weighted by Gasteiger charge is -1.98. The standard InChI is InChI=1S/C14H12N6/c1-9-17-14-12(5-3-7-16-14)20(9)8-11-13-10(18-19-11)4-2-6-15-13/h2-7H,8H2,1H3,(H,15,18,19)/p+1. The summed E-state index contributed by atoms with van der Waals surface area (Å²) in [6.45, 7) is 2.72. The summed E-state index contributed by atoms with van der Waals surface area (Å²) >= 11 is 0. The van der Waals surface area contributed by atoms with Gasteiger partial charge in [0.25, 0.3) is 11.5 Å². The summed E-state index contributed by atoms with van der Waals surface area (Å²) in [4.78, 5) is 12.0. The van der Waals surface area contributed by atoms with E-state index in [1.165, 1.54) is 0 Å². The molecule has 0 aliphatic carbocycles. The molecule has 6 heteroatoms. The summed E-state index contributed by atoms with van der Waals surface area (Å²) in [5.74, 6) is 1.05. The van der Waals surface area contributed by atoms with Crippen LogP contribution in [0.3, 0.4) is 0 Å². The summed E-state index contributed by atoms with van der Waals surface area (Å²) in [5, 5.41) is 7.36. The number of nitrogens with one attached hydrogen (secondary N) is 2. The largest absolute Gasteiger partial charge is 0.276 e. The molecule has 0 unspecified atom stereocenters. The lowest BCUT2D eigenvalue weighted by molar-refractivity contribution is -0.668. The maximum Gasteiger partial charge on any atom is 0.266 e. The topological polar surface area (TPSA) is 74.1 Å². The Morgan fingerprint density at radius 2 is 2.00 bits per heavy atom. The number of H-pyrrole nitrogens is 2. The van der Waals surface area contributed by atoms with Gasteiger partial charge in [0.05, 0.1) is 0 Å². The van der Waals surface area contributed by atoms with Crippen molar-refractivity contribution in [3.05, 3.63) is 48.2 Å². The number of aromatic nitrogens is 6. The zero-order chi connectivity index (χ0) is 13.5. The van der Waals surface area contributed by atoms with Crippen LogP contribution < -0.4 is 4.57 Å². The molecule has 0 spiro atoms. The van der Waals surface area contributed by atoms with E-state index in [2.05, 4.69) is 35.8 Å². The van der Waals surface area contributed by atoms with Crippen LogP contribution in [-0.2, 0) is 6.54 Å². The Kier molecular flexibility index (Phi) is 2.29. The van der Waals surface area contributed by atoms with Gasteiger partial charge >= 0.3 is 0 Å². The summed E-state index contributed by atoms with van der Waals surface area (Å²) in [7, 11) is 0. The van der Waals surface area contributed by atoms with Crippen LogP contribution in [0.5, 0.6) is 0 Å². The molecule has 0 aliphatic heterocycles. The second-order valence-electron chi connectivity index (χ2n) is 4.74. The molecule has 0 radical (unpaired) electrons. The molecule has 0 aliphatic rings. The fraction of sp³-hybridized carbons (Fsp3) is 0.143. The molecular formula is C14H13N6+. The molecule has 0 bridgehead atoms. The highest BCUT2D eigenvalue weighted by atomic mass is 15.2. The molecular weight excluding hydrogens is 252 g/mol. The van der Waals surface area contributed by atoms with Gasteiger partial charge in [-0.2, -0.15) is 5.10 Å². The van der Waals surface area contributed by atoms with E-state index >= 15 is 0 Å². The van der Waals surface area contributed by atoms with Gasteiger partial charge in [0.1, 0.15) is 23.3 Å². The van der Waals surface area contributed by atoms with Crippen molar-refractivity contribution in [3.8, 4) is 0 Å². The van der Waals surface area contributed by atoms with E-state index in [0.29, 0.717) is 6.54 Å². The minimum Gasteiger partial charge on any atom is -0.276 e. The van der Waals surface area contributed by atoms with E-state index in [4.69, 9.17) is 0 Å². The molecule has 4 rings (SSSR count). The molecule has 0 atom stereocenters. The Morgan fingerprint density at radius 3 is 2.95 bits per heavy atom. The molecule has 4 heterocycles. The lowest BCUT2D eigenvalue weighted by Crippen LogP contribution is -2.36. The number of fused-ring (bicyclic) bond motifs is 2. The molecule has 4 aromatic rings. The minimum absolute atomic E-state index is 0.686. The SMILES string of the molecule is Cc1[nH]c2ncccc2[n+]1Cc1[nH]nc2cccnc12. The third kappa shape index (κ3) is 1.58. The summed E-state index contributed by atoms with van der Waals surface area (Å²) in [6, 6.07) is 7.84. The molecule has 0 fully saturated rings. The number of hydrogen-bond donors (Lipinski definition) is 2. The van der Waals surface area contributed by atoms with Crippen LogP contribution in [0.2, 0.25) is 0 Å². The first-order chi connectivity index (χ1) is 9.83. The average molecular weight is 265 g/mol. The van der Waals surface area contributed by atoms with Gasteiger partial charge in [-0.15, -0.1) is 0 Å². The molecule has 0 saturated heterocycles. The normalized spacial score (nSPS) is 11.4. The lowest BCUT2D eigenvalue weighted by atomic mass is 10.3. The highest BCUT2D eigenvalue weighted by molar-refractivity contribution is 5.76. The smallest absolute Gasteiger partial charge is 0.266 e. The van der Waals surface area contributed by atoms with Crippen molar-refractivity contribution in [3.63, 3.8) is 0 Å². The van der Waals surface area contributed by atoms with Gasteiger partial charge in [-0.25, -0.2) is 14.5 Å². The van der Waals surface area contributed by atoms with E-state index in [1.54, 1.807) is 12.4 Å². The number of rotatable bonds is 2. The van der Waals surface area contributed by atoms with Gasteiger partial charge in [-0.05, 0) is 24.3 Å². The van der Waals surface area contributed by atoms with E-state index in [1.807, 2.05) is 25.1 Å². The number of nitrogens with zero attached hydrogens (tertiary/aromatic N) is 4. The predicted molar refractivity (Wildman–Crippen MR) is 74.0 cm³/mol. The second kappa shape index (κ2) is 4.12. The van der Waals surface area contributed by atoms with Crippen molar-refractivity contribution in [1.82, 2.24) is 25.1 Å². The van der Waals surface area contributed by atoms with Gasteiger partial charge in [-0.1, -0.05) is 0 Å². The Balaban J connectivity index is 1.87. The summed E-state index contributed by atoms with van der Waals surface area (Å²) in [5.41, 5.74) is 4.76. The summed E-state index contributed by atoms with van der Waals surface area (Å²) < 4.78 is 2.17. The number of hydrogen-bond acceptors (Lipinski definition) is 3. The number of imidazole rings is 1. The van der Waals surface area contributed by atoms with Crippen LogP contribution in [0.4, 0.5) is 0 Å². The van der Waals surface area contributed by atoms with Crippen molar-refractivity contribution in [2.75, 3.05) is 0 Å². The van der Waals surface area contributed by atoms with Gasteiger partial charge in [0.15, 0.2) is 5.52 Å². The van der Waals surface area contributed by atoms with Crippen molar-refractivity contribution in [2.24, 2.45) is 0 Å². The fourth-order valence-corrected chi connectivity index (χ4v) is 2.50. The third-order valence-electron chi connectivity index (χ3n) is 3.48. The molecule has 2 N–H and O–H groups in total. The molecule has 0 saturated carbocycles. The van der Waals surface area contributed by atoms with Crippen molar-refractivity contribution < 1.29 is 4.57 Å². The number of aromatic amines is 2. The van der Waals surface area contributed by atoms with Gasteiger partial charge in [0.2, 0.25) is 0 Å². The molecule has 4 aromatic heterocycles. The average Bonchev–Trinajstić information content (AvgIpc) is 3.02. The van der Waals surface area contributed by atoms with Crippen LogP contribution in [-0.4, -0.2) is 25.1 Å². The molecule has 6 nitrogen and oxygen atoms in total. The van der Waals surface area contributed by atoms with Crippen LogP contribution in [0.1, 0.15) is 11.5 Å². The first-order valence-corrected chi connectivity index (χ1v) is 6.44. The summed E-state index contributed by atoms with van der Waals surface area (Å²) in [6.07, 6.45) is 3.57. The maximum atomic E-state index is 4.40. The third-order valence-corrected chi connectivity index (χ3v) is 3.48. The maximum absolute atomic E-state index is 4.40. The van der Waals surface area contributed by atoms with E-state index in [9.17, 15) is 0 Å². The fourth-order valence-electron chi connectivity index (χ4n) is 2.50. The highest BCUT2D eigenvalue weighted by Gasteiger charge is 2.18. The molecule has 0 amide bonds. The van der Waals surface area contributed by atoms with Crippen molar-refractivity contribution in [1.29, 1.82) is 0 Å². The Hall–Kier alpha value is -2.76. The van der Waals surface area contributed by atoms with Crippen LogP contribution in [0, 0.1) is 6.92 Å². The Labute approximate surface area is 114 Å².